The molecule has 1 heterocycles. The molecule has 0 spiro atoms. The lowest BCUT2D eigenvalue weighted by molar-refractivity contribution is 1.42. The minimum Gasteiger partial charge on any atom is -0.141 e. The van der Waals surface area contributed by atoms with Gasteiger partial charge in [0.1, 0.15) is 0 Å². The van der Waals surface area contributed by atoms with E-state index in [1.165, 1.54) is 20.9 Å². The van der Waals surface area contributed by atoms with Gasteiger partial charge in [0.05, 0.1) is 0 Å². The Morgan fingerprint density at radius 2 is 1.60 bits per heavy atom. The average molecular weight is 284 g/mol. The fourth-order valence-electron chi connectivity index (χ4n) is 1.77. The van der Waals surface area contributed by atoms with Crippen LogP contribution in [0, 0.1) is 6.92 Å². The highest BCUT2D eigenvalue weighted by Gasteiger charge is 1.97. The van der Waals surface area contributed by atoms with E-state index in [0.717, 1.165) is 6.42 Å². The van der Waals surface area contributed by atoms with Crippen molar-refractivity contribution in [2.45, 2.75) is 34.1 Å². The van der Waals surface area contributed by atoms with Gasteiger partial charge in [0, 0.05) is 9.75 Å². The fourth-order valence-corrected chi connectivity index (χ4v) is 2.64. The second-order valence-electron chi connectivity index (χ2n) is 4.36. The zero-order valence-electron chi connectivity index (χ0n) is 12.9. The molecule has 2 aromatic rings. The first-order valence-electron chi connectivity index (χ1n) is 7.21. The van der Waals surface area contributed by atoms with Gasteiger partial charge in [-0.15, -0.1) is 11.3 Å². The molecule has 1 aliphatic carbocycles. The molecule has 0 radical (unpaired) electrons. The Labute approximate surface area is 127 Å². The van der Waals surface area contributed by atoms with Crippen LogP contribution in [-0.4, -0.2) is 0 Å². The van der Waals surface area contributed by atoms with Crippen molar-refractivity contribution in [1.82, 2.24) is 0 Å². The molecule has 0 N–H and O–H groups in total. The molecular weight excluding hydrogens is 260 g/mol. The summed E-state index contributed by atoms with van der Waals surface area (Å²) in [6.45, 7) is 8.25. The largest absolute Gasteiger partial charge is 0.141 e. The number of aryl methyl sites for hydroxylation is 1. The van der Waals surface area contributed by atoms with Crippen molar-refractivity contribution in [2.75, 3.05) is 0 Å². The highest BCUT2D eigenvalue weighted by Crippen LogP contribution is 2.26. The Bertz CT molecular complexity index is 541. The fraction of sp³-hybridized carbons (Fsp3) is 0.263. The summed E-state index contributed by atoms with van der Waals surface area (Å²) in [7, 11) is 0. The van der Waals surface area contributed by atoms with Crippen LogP contribution in [0.2, 0.25) is 0 Å². The van der Waals surface area contributed by atoms with Crippen molar-refractivity contribution in [3.05, 3.63) is 71.1 Å². The molecule has 0 saturated heterocycles. The maximum Gasteiger partial charge on any atom is 0.0345 e. The molecule has 0 aliphatic heterocycles. The molecular formula is C19H24S. The third-order valence-corrected chi connectivity index (χ3v) is 3.81. The molecule has 0 bridgehead atoms. The number of hydrogen-bond acceptors (Lipinski definition) is 1. The minimum absolute atomic E-state index is 1.14. The van der Waals surface area contributed by atoms with E-state index in [-0.39, 0.29) is 0 Å². The van der Waals surface area contributed by atoms with Crippen LogP contribution in [0.1, 0.15) is 32.1 Å². The minimum atomic E-state index is 1.14. The zero-order chi connectivity index (χ0) is 14.8. The van der Waals surface area contributed by atoms with E-state index in [2.05, 4.69) is 68.5 Å². The highest BCUT2D eigenvalue weighted by molar-refractivity contribution is 7.15. The van der Waals surface area contributed by atoms with Gasteiger partial charge in [0.25, 0.3) is 0 Å². The Kier molecular flexibility index (Phi) is 7.67. The normalized spacial score (nSPS) is 11.9. The molecule has 0 nitrogen and oxygen atoms in total. The van der Waals surface area contributed by atoms with Crippen LogP contribution in [0.25, 0.3) is 10.4 Å². The first kappa shape index (κ1) is 16.5. The summed E-state index contributed by atoms with van der Waals surface area (Å²) in [6, 6.07) is 14.8. The Morgan fingerprint density at radius 3 is 2.00 bits per heavy atom. The van der Waals surface area contributed by atoms with Crippen LogP contribution < -0.4 is 0 Å². The summed E-state index contributed by atoms with van der Waals surface area (Å²) in [5.74, 6) is 0. The maximum atomic E-state index is 2.21. The lowest BCUT2D eigenvalue weighted by atomic mass is 10.2. The van der Waals surface area contributed by atoms with Gasteiger partial charge in [-0.05, 0) is 38.0 Å². The van der Waals surface area contributed by atoms with Crippen molar-refractivity contribution < 1.29 is 0 Å². The summed E-state index contributed by atoms with van der Waals surface area (Å²) >= 11 is 1.84. The highest BCUT2D eigenvalue weighted by atomic mass is 32.1. The van der Waals surface area contributed by atoms with Gasteiger partial charge in [0.15, 0.2) is 0 Å². The quantitative estimate of drug-likeness (QED) is 0.550. The molecule has 106 valence electrons. The SMILES string of the molecule is CC.CC1=CCC=C1.Cc1ccc(-c2ccccc2)s1. The first-order chi connectivity index (χ1) is 9.75. The number of thiophene rings is 1. The van der Waals surface area contributed by atoms with Gasteiger partial charge in [-0.2, -0.15) is 0 Å². The molecule has 1 aliphatic rings. The lowest BCUT2D eigenvalue weighted by Gasteiger charge is -1.93. The Hall–Kier alpha value is -1.60. The van der Waals surface area contributed by atoms with Crippen molar-refractivity contribution in [2.24, 2.45) is 0 Å². The summed E-state index contributed by atoms with van der Waals surface area (Å²) in [5, 5.41) is 0. The van der Waals surface area contributed by atoms with E-state index in [1.54, 1.807) is 0 Å². The lowest BCUT2D eigenvalue weighted by Crippen LogP contribution is -1.67. The van der Waals surface area contributed by atoms with E-state index < -0.39 is 0 Å². The number of allylic oxidation sites excluding steroid dienone is 4. The van der Waals surface area contributed by atoms with Gasteiger partial charge in [-0.25, -0.2) is 0 Å². The van der Waals surface area contributed by atoms with Crippen LogP contribution in [0.4, 0.5) is 0 Å². The molecule has 0 saturated carbocycles. The van der Waals surface area contributed by atoms with Crippen LogP contribution in [0.5, 0.6) is 0 Å². The number of hydrogen-bond donors (Lipinski definition) is 0. The molecule has 1 aromatic heterocycles. The van der Waals surface area contributed by atoms with Crippen molar-refractivity contribution >= 4 is 11.3 Å². The van der Waals surface area contributed by atoms with Gasteiger partial charge in [-0.1, -0.05) is 68.0 Å². The van der Waals surface area contributed by atoms with Crippen LogP contribution in [-0.2, 0) is 0 Å². The van der Waals surface area contributed by atoms with Gasteiger partial charge < -0.3 is 0 Å². The van der Waals surface area contributed by atoms with Crippen LogP contribution in [0.3, 0.4) is 0 Å². The van der Waals surface area contributed by atoms with Gasteiger partial charge in [0.2, 0.25) is 0 Å². The first-order valence-corrected chi connectivity index (χ1v) is 8.02. The Morgan fingerprint density at radius 1 is 0.900 bits per heavy atom. The predicted molar refractivity (Wildman–Crippen MR) is 93.4 cm³/mol. The Balaban J connectivity index is 0.000000211. The molecule has 0 atom stereocenters. The van der Waals surface area contributed by atoms with Gasteiger partial charge >= 0.3 is 0 Å². The van der Waals surface area contributed by atoms with Crippen LogP contribution >= 0.6 is 11.3 Å². The van der Waals surface area contributed by atoms with E-state index >= 15 is 0 Å². The van der Waals surface area contributed by atoms with Gasteiger partial charge in [-0.3, -0.25) is 0 Å². The molecule has 0 unspecified atom stereocenters. The molecule has 3 rings (SSSR count). The molecule has 0 fully saturated rings. The second kappa shape index (κ2) is 9.33. The molecule has 20 heavy (non-hydrogen) atoms. The van der Waals surface area contributed by atoms with Crippen molar-refractivity contribution in [1.29, 1.82) is 0 Å². The van der Waals surface area contributed by atoms with Crippen LogP contribution in [0.15, 0.2) is 66.3 Å². The maximum absolute atomic E-state index is 2.21. The molecule has 0 amide bonds. The molecule has 1 aromatic carbocycles. The average Bonchev–Trinajstić information content (AvgIpc) is 3.14. The summed E-state index contributed by atoms with van der Waals surface area (Å²) in [6.07, 6.45) is 7.65. The van der Waals surface area contributed by atoms with E-state index in [4.69, 9.17) is 0 Å². The number of benzene rings is 1. The summed E-state index contributed by atoms with van der Waals surface area (Å²) < 4.78 is 0. The van der Waals surface area contributed by atoms with Crippen molar-refractivity contribution in [3.63, 3.8) is 0 Å². The number of rotatable bonds is 1. The summed E-state index contributed by atoms with van der Waals surface area (Å²) in [4.78, 5) is 2.72. The smallest absolute Gasteiger partial charge is 0.0345 e. The zero-order valence-corrected chi connectivity index (χ0v) is 13.7. The molecule has 1 heteroatoms. The monoisotopic (exact) mass is 284 g/mol. The van der Waals surface area contributed by atoms with Crippen molar-refractivity contribution in [3.8, 4) is 10.4 Å². The standard InChI is InChI=1S/C11H10S.C6H8.C2H6/c1-9-7-8-11(12-9)10-5-3-2-4-6-10;1-6-4-2-3-5-6;1-2/h2-8H,1H3;2,4-5H,3H2,1H3;1-2H3. The second-order valence-corrected chi connectivity index (χ2v) is 5.65. The topological polar surface area (TPSA) is 0 Å². The van der Waals surface area contributed by atoms with E-state index in [1.807, 2.05) is 31.3 Å². The third-order valence-electron chi connectivity index (χ3n) is 2.76. The summed E-state index contributed by atoms with van der Waals surface area (Å²) in [5.41, 5.74) is 2.71. The van der Waals surface area contributed by atoms with E-state index in [0.29, 0.717) is 0 Å². The van der Waals surface area contributed by atoms with E-state index in [9.17, 15) is 0 Å². The third kappa shape index (κ3) is 5.58. The predicted octanol–water partition coefficient (Wildman–Crippen LogP) is 6.64.